The van der Waals surface area contributed by atoms with E-state index in [1.165, 1.54) is 23.0 Å². The highest BCUT2D eigenvalue weighted by molar-refractivity contribution is 7.17. The third-order valence-electron chi connectivity index (χ3n) is 5.63. The van der Waals surface area contributed by atoms with E-state index in [1.54, 1.807) is 0 Å². The fourth-order valence-corrected chi connectivity index (χ4v) is 4.97. The van der Waals surface area contributed by atoms with Crippen molar-refractivity contribution in [1.29, 1.82) is 0 Å². The van der Waals surface area contributed by atoms with Gasteiger partial charge < -0.3 is 9.88 Å². The van der Waals surface area contributed by atoms with Gasteiger partial charge in [0.2, 0.25) is 0 Å². The van der Waals surface area contributed by atoms with Crippen LogP contribution in [-0.4, -0.2) is 30.0 Å². The summed E-state index contributed by atoms with van der Waals surface area (Å²) in [6, 6.07) is 11.6. The minimum absolute atomic E-state index is 0.184. The molecule has 2 heterocycles. The molecule has 4 rings (SSSR count). The maximum absolute atomic E-state index is 12.4. The van der Waals surface area contributed by atoms with E-state index < -0.39 is 0 Å². The second-order valence-electron chi connectivity index (χ2n) is 7.59. The Hall–Kier alpha value is -2.54. The molecule has 2 aromatic heterocycles. The molecule has 0 bridgehead atoms. The quantitative estimate of drug-likeness (QED) is 0.348. The summed E-state index contributed by atoms with van der Waals surface area (Å²) < 4.78 is 0.607. The summed E-state index contributed by atoms with van der Waals surface area (Å²) in [5.74, 6) is 0.384. The van der Waals surface area contributed by atoms with E-state index in [0.29, 0.717) is 26.7 Å². The Kier molecular flexibility index (Phi) is 5.73. The molecule has 30 heavy (non-hydrogen) atoms. The Morgan fingerprint density at radius 2 is 1.97 bits per heavy atom. The third-order valence-corrected chi connectivity index (χ3v) is 6.84. The topological polar surface area (TPSA) is 65.5 Å². The van der Waals surface area contributed by atoms with Crippen molar-refractivity contribution in [3.05, 3.63) is 67.6 Å². The predicted molar refractivity (Wildman–Crippen MR) is 127 cm³/mol. The summed E-state index contributed by atoms with van der Waals surface area (Å²) >= 11 is 7.76. The molecule has 0 aliphatic carbocycles. The molecule has 0 amide bonds. The molecular formula is C23H22ClN3O2S. The van der Waals surface area contributed by atoms with Crippen LogP contribution in [0.1, 0.15) is 25.3 Å². The minimum atomic E-state index is -0.184. The van der Waals surface area contributed by atoms with Crippen LogP contribution in [0, 0.1) is 4.91 Å². The van der Waals surface area contributed by atoms with Crippen LogP contribution in [0.5, 0.6) is 0 Å². The van der Waals surface area contributed by atoms with Crippen molar-refractivity contribution in [2.24, 2.45) is 5.18 Å². The SMILES string of the molecule is CCN(C)C[C@@H](C)c1ccc(-c2c(N=O)cc(Cl)c3[nH]c(=O)c4sccc4c23)cc1. The molecule has 0 saturated carbocycles. The van der Waals surface area contributed by atoms with Crippen molar-refractivity contribution in [3.8, 4) is 11.1 Å². The third kappa shape index (κ3) is 3.55. The maximum atomic E-state index is 12.4. The first-order valence-corrected chi connectivity index (χ1v) is 11.1. The summed E-state index contributed by atoms with van der Waals surface area (Å²) in [6.45, 7) is 6.32. The Balaban J connectivity index is 1.92. The zero-order valence-corrected chi connectivity index (χ0v) is 18.6. The number of fused-ring (bicyclic) bond motifs is 3. The first-order chi connectivity index (χ1) is 14.4. The number of aromatic amines is 1. The number of likely N-dealkylation sites (N-methyl/N-ethyl adjacent to an activating group) is 1. The van der Waals surface area contributed by atoms with Gasteiger partial charge in [-0.05, 0) is 53.3 Å². The molecule has 0 spiro atoms. The summed E-state index contributed by atoms with van der Waals surface area (Å²) in [5.41, 5.74) is 3.39. The molecular weight excluding hydrogens is 418 g/mol. The highest BCUT2D eigenvalue weighted by Crippen LogP contribution is 2.43. The van der Waals surface area contributed by atoms with Gasteiger partial charge in [-0.3, -0.25) is 4.79 Å². The van der Waals surface area contributed by atoms with E-state index in [1.807, 2.05) is 23.6 Å². The number of pyridine rings is 1. The monoisotopic (exact) mass is 439 g/mol. The molecule has 4 aromatic rings. The average Bonchev–Trinajstić information content (AvgIpc) is 3.25. The summed E-state index contributed by atoms with van der Waals surface area (Å²) in [4.78, 5) is 29.3. The Labute approximate surface area is 183 Å². The minimum Gasteiger partial charge on any atom is -0.319 e. The predicted octanol–water partition coefficient (Wildman–Crippen LogP) is 6.52. The molecule has 0 aliphatic rings. The lowest BCUT2D eigenvalue weighted by Crippen LogP contribution is -2.22. The largest absolute Gasteiger partial charge is 0.319 e. The molecule has 0 fully saturated rings. The van der Waals surface area contributed by atoms with Gasteiger partial charge in [-0.2, -0.15) is 0 Å². The fraction of sp³-hybridized carbons (Fsp3) is 0.261. The van der Waals surface area contributed by atoms with Crippen LogP contribution in [-0.2, 0) is 0 Å². The molecule has 154 valence electrons. The van der Waals surface area contributed by atoms with Gasteiger partial charge in [0, 0.05) is 22.9 Å². The van der Waals surface area contributed by atoms with Crippen molar-refractivity contribution >= 4 is 49.6 Å². The van der Waals surface area contributed by atoms with Gasteiger partial charge in [0.05, 0.1) is 10.5 Å². The number of hydrogen-bond donors (Lipinski definition) is 1. The lowest BCUT2D eigenvalue weighted by atomic mass is 9.93. The molecule has 2 aromatic carbocycles. The number of halogens is 1. The van der Waals surface area contributed by atoms with Crippen LogP contribution in [0.15, 0.2) is 51.7 Å². The van der Waals surface area contributed by atoms with Crippen LogP contribution < -0.4 is 5.56 Å². The molecule has 0 saturated heterocycles. The van der Waals surface area contributed by atoms with Gasteiger partial charge >= 0.3 is 0 Å². The van der Waals surface area contributed by atoms with E-state index in [-0.39, 0.29) is 11.2 Å². The summed E-state index contributed by atoms with van der Waals surface area (Å²) in [6.07, 6.45) is 0. The van der Waals surface area contributed by atoms with Gasteiger partial charge in [-0.15, -0.1) is 16.2 Å². The smallest absolute Gasteiger partial charge is 0.266 e. The maximum Gasteiger partial charge on any atom is 0.266 e. The highest BCUT2D eigenvalue weighted by Gasteiger charge is 2.19. The number of hydrogen-bond acceptors (Lipinski definition) is 5. The number of nitrogens with one attached hydrogen (secondary N) is 1. The second kappa shape index (κ2) is 8.30. The lowest BCUT2D eigenvalue weighted by Gasteiger charge is -2.20. The van der Waals surface area contributed by atoms with E-state index in [9.17, 15) is 9.70 Å². The number of thiophene rings is 1. The fourth-order valence-electron chi connectivity index (χ4n) is 3.93. The van der Waals surface area contributed by atoms with Crippen LogP contribution in [0.3, 0.4) is 0 Å². The van der Waals surface area contributed by atoms with Crippen LogP contribution in [0.25, 0.3) is 32.1 Å². The number of benzene rings is 2. The second-order valence-corrected chi connectivity index (χ2v) is 8.91. The Morgan fingerprint density at radius 3 is 2.63 bits per heavy atom. The molecule has 1 N–H and O–H groups in total. The van der Waals surface area contributed by atoms with Crippen molar-refractivity contribution < 1.29 is 0 Å². The molecule has 0 unspecified atom stereocenters. The van der Waals surface area contributed by atoms with Crippen LogP contribution in [0.2, 0.25) is 5.02 Å². The summed E-state index contributed by atoms with van der Waals surface area (Å²) in [7, 11) is 2.11. The zero-order valence-electron chi connectivity index (χ0n) is 17.0. The highest BCUT2D eigenvalue weighted by atomic mass is 35.5. The van der Waals surface area contributed by atoms with Crippen molar-refractivity contribution in [1.82, 2.24) is 9.88 Å². The van der Waals surface area contributed by atoms with Gasteiger partial charge in [0.25, 0.3) is 5.56 Å². The first-order valence-electron chi connectivity index (χ1n) is 9.82. The number of rotatable bonds is 6. The lowest BCUT2D eigenvalue weighted by molar-refractivity contribution is 0.333. The van der Waals surface area contributed by atoms with Gasteiger partial charge in [0.1, 0.15) is 10.4 Å². The van der Waals surface area contributed by atoms with Crippen molar-refractivity contribution in [3.63, 3.8) is 0 Å². The normalized spacial score (nSPS) is 12.7. The van der Waals surface area contributed by atoms with Crippen molar-refractivity contribution in [2.75, 3.05) is 20.1 Å². The van der Waals surface area contributed by atoms with Crippen molar-refractivity contribution in [2.45, 2.75) is 19.8 Å². The average molecular weight is 440 g/mol. The number of nitrogens with zero attached hydrogens (tertiary/aromatic N) is 2. The van der Waals surface area contributed by atoms with E-state index >= 15 is 0 Å². The van der Waals surface area contributed by atoms with E-state index in [4.69, 9.17) is 11.6 Å². The number of aromatic nitrogens is 1. The van der Waals surface area contributed by atoms with E-state index in [0.717, 1.165) is 29.4 Å². The molecule has 1 atom stereocenters. The Morgan fingerprint density at radius 1 is 1.23 bits per heavy atom. The number of nitroso groups, excluding NO2 is 1. The van der Waals surface area contributed by atoms with Gasteiger partial charge in [-0.1, -0.05) is 49.7 Å². The van der Waals surface area contributed by atoms with Crippen LogP contribution >= 0.6 is 22.9 Å². The Bertz CT molecular complexity index is 1290. The van der Waals surface area contributed by atoms with Crippen LogP contribution in [0.4, 0.5) is 5.69 Å². The molecule has 7 heteroatoms. The molecule has 0 aliphatic heterocycles. The van der Waals surface area contributed by atoms with E-state index in [2.05, 4.69) is 48.1 Å². The molecule has 0 radical (unpaired) electrons. The summed E-state index contributed by atoms with van der Waals surface area (Å²) in [5, 5.41) is 6.95. The standard InChI is InChI=1S/C23H22ClN3O2S/c1-4-27(3)12-13(2)14-5-7-15(8-6-14)19-18(26-29)11-17(24)21-20(19)16-9-10-30-22(16)23(28)25-21/h5-11,13H,4,12H2,1-3H3,(H,25,28)/t13-/m1/s1. The number of H-pyrrole nitrogens is 1. The van der Waals surface area contributed by atoms with Gasteiger partial charge in [0.15, 0.2) is 0 Å². The molecule has 5 nitrogen and oxygen atoms in total. The first kappa shape index (κ1) is 20.7. The van der Waals surface area contributed by atoms with Gasteiger partial charge in [-0.25, -0.2) is 0 Å². The zero-order chi connectivity index (χ0) is 21.4.